The van der Waals surface area contributed by atoms with Crippen molar-refractivity contribution in [2.75, 3.05) is 13.1 Å². The lowest BCUT2D eigenvalue weighted by molar-refractivity contribution is 0.221. The van der Waals surface area contributed by atoms with Gasteiger partial charge in [-0.05, 0) is 43.6 Å². The molecule has 0 atom stereocenters. The second kappa shape index (κ2) is 7.91. The standard InChI is InChI=1S/C11H16N2.2ClH/c1-2-8-13(9-3-1)10-11-4-6-12-7-5-11;;/h4-7H,1-3,8-10H2;2*1H. The van der Waals surface area contributed by atoms with E-state index in [9.17, 15) is 0 Å². The van der Waals surface area contributed by atoms with Crippen molar-refractivity contribution in [3.8, 4) is 0 Å². The van der Waals surface area contributed by atoms with Crippen LogP contribution in [0.3, 0.4) is 0 Å². The molecule has 1 fully saturated rings. The Kier molecular flexibility index (Phi) is 7.75. The quantitative estimate of drug-likeness (QED) is 0.801. The summed E-state index contributed by atoms with van der Waals surface area (Å²) in [5.41, 5.74) is 1.39. The van der Waals surface area contributed by atoms with Gasteiger partial charge in [-0.25, -0.2) is 0 Å². The Bertz CT molecular complexity index is 248. The number of pyridine rings is 1. The lowest BCUT2D eigenvalue weighted by atomic mass is 10.1. The predicted octanol–water partition coefficient (Wildman–Crippen LogP) is 2.91. The van der Waals surface area contributed by atoms with Gasteiger partial charge in [-0.1, -0.05) is 6.42 Å². The smallest absolute Gasteiger partial charge is 0.0271 e. The first-order chi connectivity index (χ1) is 6.45. The molecule has 0 radical (unpaired) electrons. The third kappa shape index (κ3) is 4.83. The van der Waals surface area contributed by atoms with Gasteiger partial charge in [0, 0.05) is 18.9 Å². The van der Waals surface area contributed by atoms with Gasteiger partial charge in [-0.15, -0.1) is 24.8 Å². The van der Waals surface area contributed by atoms with Crippen LogP contribution < -0.4 is 0 Å². The number of hydrogen-bond acceptors (Lipinski definition) is 2. The van der Waals surface area contributed by atoms with E-state index in [1.807, 2.05) is 12.4 Å². The zero-order valence-electron chi connectivity index (χ0n) is 8.76. The number of likely N-dealkylation sites (tertiary alicyclic amines) is 1. The van der Waals surface area contributed by atoms with E-state index in [2.05, 4.69) is 22.0 Å². The van der Waals surface area contributed by atoms with Gasteiger partial charge in [0.2, 0.25) is 0 Å². The Morgan fingerprint density at radius 1 is 1.00 bits per heavy atom. The van der Waals surface area contributed by atoms with Crippen LogP contribution in [0.2, 0.25) is 0 Å². The highest BCUT2D eigenvalue weighted by molar-refractivity contribution is 5.85. The highest BCUT2D eigenvalue weighted by atomic mass is 35.5. The number of rotatable bonds is 2. The summed E-state index contributed by atoms with van der Waals surface area (Å²) in [6.45, 7) is 3.63. The Labute approximate surface area is 104 Å². The van der Waals surface area contributed by atoms with E-state index in [0.29, 0.717) is 0 Å². The van der Waals surface area contributed by atoms with Gasteiger partial charge in [0.25, 0.3) is 0 Å². The maximum atomic E-state index is 4.02. The van der Waals surface area contributed by atoms with Crippen LogP contribution in [0.15, 0.2) is 24.5 Å². The lowest BCUT2D eigenvalue weighted by Crippen LogP contribution is -2.29. The minimum Gasteiger partial charge on any atom is -0.299 e. The molecule has 0 spiro atoms. The molecule has 1 aromatic rings. The molecule has 2 nitrogen and oxygen atoms in total. The van der Waals surface area contributed by atoms with Crippen LogP contribution in [0, 0.1) is 0 Å². The van der Waals surface area contributed by atoms with Gasteiger partial charge in [-0.3, -0.25) is 9.88 Å². The van der Waals surface area contributed by atoms with Gasteiger partial charge in [0.15, 0.2) is 0 Å². The third-order valence-electron chi connectivity index (χ3n) is 2.60. The molecule has 2 heterocycles. The summed E-state index contributed by atoms with van der Waals surface area (Å²) in [5, 5.41) is 0. The molecule has 1 aliphatic rings. The molecule has 2 rings (SSSR count). The van der Waals surface area contributed by atoms with Crippen molar-refractivity contribution in [3.63, 3.8) is 0 Å². The zero-order chi connectivity index (χ0) is 8.93. The van der Waals surface area contributed by atoms with Crippen molar-refractivity contribution in [2.24, 2.45) is 0 Å². The molecule has 4 heteroatoms. The Morgan fingerprint density at radius 3 is 2.20 bits per heavy atom. The second-order valence-electron chi connectivity index (χ2n) is 3.69. The first-order valence-electron chi connectivity index (χ1n) is 5.06. The molecular formula is C11H18Cl2N2. The summed E-state index contributed by atoms with van der Waals surface area (Å²) in [6.07, 6.45) is 7.89. The molecular weight excluding hydrogens is 231 g/mol. The van der Waals surface area contributed by atoms with E-state index < -0.39 is 0 Å². The summed E-state index contributed by atoms with van der Waals surface area (Å²) >= 11 is 0. The van der Waals surface area contributed by atoms with Crippen LogP contribution in [0.1, 0.15) is 24.8 Å². The largest absolute Gasteiger partial charge is 0.299 e. The SMILES string of the molecule is Cl.Cl.c1cc(CN2CCCCC2)ccn1. The van der Waals surface area contributed by atoms with Crippen LogP contribution in [-0.4, -0.2) is 23.0 Å². The number of hydrogen-bond donors (Lipinski definition) is 0. The molecule has 0 bridgehead atoms. The maximum Gasteiger partial charge on any atom is 0.0271 e. The zero-order valence-corrected chi connectivity index (χ0v) is 10.4. The summed E-state index contributed by atoms with van der Waals surface area (Å²) < 4.78 is 0. The summed E-state index contributed by atoms with van der Waals surface area (Å²) in [6, 6.07) is 4.21. The molecule has 15 heavy (non-hydrogen) atoms. The minimum absolute atomic E-state index is 0. The van der Waals surface area contributed by atoms with Crippen molar-refractivity contribution in [2.45, 2.75) is 25.8 Å². The molecule has 0 amide bonds. The molecule has 86 valence electrons. The molecule has 0 N–H and O–H groups in total. The summed E-state index contributed by atoms with van der Waals surface area (Å²) in [4.78, 5) is 6.55. The van der Waals surface area contributed by atoms with Crippen LogP contribution in [-0.2, 0) is 6.54 Å². The van der Waals surface area contributed by atoms with E-state index in [1.165, 1.54) is 37.9 Å². The fourth-order valence-electron chi connectivity index (χ4n) is 1.86. The highest BCUT2D eigenvalue weighted by Crippen LogP contribution is 2.11. The first-order valence-corrected chi connectivity index (χ1v) is 5.06. The van der Waals surface area contributed by atoms with E-state index in [4.69, 9.17) is 0 Å². The molecule has 1 saturated heterocycles. The van der Waals surface area contributed by atoms with Crippen LogP contribution in [0.25, 0.3) is 0 Å². The molecule has 0 aromatic carbocycles. The Balaban J connectivity index is 0.000000980. The topological polar surface area (TPSA) is 16.1 Å². The minimum atomic E-state index is 0. The fourth-order valence-corrected chi connectivity index (χ4v) is 1.86. The molecule has 0 unspecified atom stereocenters. The van der Waals surface area contributed by atoms with Crippen molar-refractivity contribution in [1.29, 1.82) is 0 Å². The van der Waals surface area contributed by atoms with E-state index in [-0.39, 0.29) is 24.8 Å². The highest BCUT2D eigenvalue weighted by Gasteiger charge is 2.09. The normalized spacial score (nSPS) is 16.3. The fraction of sp³-hybridized carbons (Fsp3) is 0.545. The van der Waals surface area contributed by atoms with Gasteiger partial charge in [0.1, 0.15) is 0 Å². The predicted molar refractivity (Wildman–Crippen MR) is 67.9 cm³/mol. The van der Waals surface area contributed by atoms with Gasteiger partial charge in [-0.2, -0.15) is 0 Å². The van der Waals surface area contributed by atoms with Crippen molar-refractivity contribution in [1.82, 2.24) is 9.88 Å². The average molecular weight is 249 g/mol. The summed E-state index contributed by atoms with van der Waals surface area (Å²) in [7, 11) is 0. The lowest BCUT2D eigenvalue weighted by Gasteiger charge is -2.26. The Hall–Kier alpha value is -0.310. The maximum absolute atomic E-state index is 4.02. The molecule has 0 aliphatic carbocycles. The van der Waals surface area contributed by atoms with Gasteiger partial charge in [0.05, 0.1) is 0 Å². The van der Waals surface area contributed by atoms with Crippen LogP contribution in [0.4, 0.5) is 0 Å². The van der Waals surface area contributed by atoms with Gasteiger partial charge < -0.3 is 0 Å². The van der Waals surface area contributed by atoms with Crippen molar-refractivity contribution >= 4 is 24.8 Å². The Morgan fingerprint density at radius 2 is 1.60 bits per heavy atom. The molecule has 1 aromatic heterocycles. The van der Waals surface area contributed by atoms with E-state index in [1.54, 1.807) is 0 Å². The molecule has 1 aliphatic heterocycles. The van der Waals surface area contributed by atoms with Crippen molar-refractivity contribution in [3.05, 3.63) is 30.1 Å². The molecule has 0 saturated carbocycles. The van der Waals surface area contributed by atoms with E-state index in [0.717, 1.165) is 6.54 Å². The van der Waals surface area contributed by atoms with Crippen LogP contribution >= 0.6 is 24.8 Å². The summed E-state index contributed by atoms with van der Waals surface area (Å²) in [5.74, 6) is 0. The van der Waals surface area contributed by atoms with Crippen LogP contribution in [0.5, 0.6) is 0 Å². The average Bonchev–Trinajstić information content (AvgIpc) is 2.21. The second-order valence-corrected chi connectivity index (χ2v) is 3.69. The number of aromatic nitrogens is 1. The number of halogens is 2. The van der Waals surface area contributed by atoms with E-state index >= 15 is 0 Å². The third-order valence-corrected chi connectivity index (χ3v) is 2.60. The number of nitrogens with zero attached hydrogens (tertiary/aromatic N) is 2. The number of piperidine rings is 1. The van der Waals surface area contributed by atoms with Crippen molar-refractivity contribution < 1.29 is 0 Å². The monoisotopic (exact) mass is 248 g/mol. The van der Waals surface area contributed by atoms with Gasteiger partial charge >= 0.3 is 0 Å². The first kappa shape index (κ1) is 14.7.